The number of nitrogen functional groups attached to an aromatic ring is 1. The molecule has 0 aliphatic rings. The Balaban J connectivity index is 2.32. The van der Waals surface area contributed by atoms with Gasteiger partial charge in [0, 0.05) is 23.1 Å². The third-order valence-corrected chi connectivity index (χ3v) is 3.80. The fourth-order valence-electron chi connectivity index (χ4n) is 1.18. The summed E-state index contributed by atoms with van der Waals surface area (Å²) >= 11 is 3.10. The first-order valence-corrected chi connectivity index (χ1v) is 6.87. The minimum Gasteiger partial charge on any atom is -0.384 e. The minimum absolute atomic E-state index is 0.104. The number of hydrogen-bond donors (Lipinski definition) is 1. The van der Waals surface area contributed by atoms with Gasteiger partial charge < -0.3 is 5.73 Å². The molecule has 0 radical (unpaired) electrons. The third kappa shape index (κ3) is 3.17. The lowest BCUT2D eigenvalue weighted by molar-refractivity contribution is 0.540. The Hall–Kier alpha value is -1.14. The SMILES string of the molecule is CC(C)(C)c1nc(N)cc(Sc2nccs2)n1. The second kappa shape index (κ2) is 4.62. The zero-order valence-corrected chi connectivity index (χ0v) is 11.6. The molecular weight excluding hydrogens is 252 g/mol. The summed E-state index contributed by atoms with van der Waals surface area (Å²) in [6.45, 7) is 6.21. The van der Waals surface area contributed by atoms with E-state index in [4.69, 9.17) is 5.73 Å². The molecule has 90 valence electrons. The van der Waals surface area contributed by atoms with E-state index in [1.807, 2.05) is 5.38 Å². The number of thiazole rings is 1. The smallest absolute Gasteiger partial charge is 0.156 e. The van der Waals surface area contributed by atoms with Crippen LogP contribution in [0.25, 0.3) is 0 Å². The van der Waals surface area contributed by atoms with Gasteiger partial charge in [-0.05, 0) is 11.8 Å². The molecule has 2 aromatic heterocycles. The fourth-order valence-corrected chi connectivity index (χ4v) is 2.76. The topological polar surface area (TPSA) is 64.7 Å². The fraction of sp³-hybridized carbons (Fsp3) is 0.364. The van der Waals surface area contributed by atoms with E-state index in [2.05, 4.69) is 35.7 Å². The molecule has 0 aliphatic heterocycles. The molecule has 2 rings (SSSR count). The van der Waals surface area contributed by atoms with Crippen LogP contribution in [0.5, 0.6) is 0 Å². The first kappa shape index (κ1) is 12.3. The lowest BCUT2D eigenvalue weighted by Gasteiger charge is -2.17. The van der Waals surface area contributed by atoms with Crippen LogP contribution in [0, 0.1) is 0 Å². The molecule has 6 heteroatoms. The average Bonchev–Trinajstić information content (AvgIpc) is 2.68. The van der Waals surface area contributed by atoms with Crippen LogP contribution in [0.4, 0.5) is 5.82 Å². The maximum absolute atomic E-state index is 5.80. The van der Waals surface area contributed by atoms with Crippen molar-refractivity contribution < 1.29 is 0 Å². The molecule has 0 spiro atoms. The molecule has 17 heavy (non-hydrogen) atoms. The molecule has 0 fully saturated rings. The largest absolute Gasteiger partial charge is 0.384 e. The predicted molar refractivity (Wildman–Crippen MR) is 71.4 cm³/mol. The van der Waals surface area contributed by atoms with E-state index in [0.717, 1.165) is 15.2 Å². The van der Waals surface area contributed by atoms with Gasteiger partial charge in [-0.2, -0.15) is 0 Å². The summed E-state index contributed by atoms with van der Waals surface area (Å²) in [5, 5.41) is 2.79. The van der Waals surface area contributed by atoms with Gasteiger partial charge in [-0.1, -0.05) is 20.8 Å². The number of aromatic nitrogens is 3. The Kier molecular flexibility index (Phi) is 3.35. The zero-order chi connectivity index (χ0) is 12.5. The number of rotatable bonds is 2. The van der Waals surface area contributed by atoms with Gasteiger partial charge in [-0.25, -0.2) is 15.0 Å². The Morgan fingerprint density at radius 2 is 2.06 bits per heavy atom. The van der Waals surface area contributed by atoms with E-state index in [9.17, 15) is 0 Å². The van der Waals surface area contributed by atoms with Crippen molar-refractivity contribution in [2.75, 3.05) is 5.73 Å². The van der Waals surface area contributed by atoms with Crippen LogP contribution in [-0.4, -0.2) is 15.0 Å². The number of anilines is 1. The van der Waals surface area contributed by atoms with Crippen molar-refractivity contribution in [2.24, 2.45) is 0 Å². The van der Waals surface area contributed by atoms with E-state index < -0.39 is 0 Å². The van der Waals surface area contributed by atoms with Crippen LogP contribution in [0.15, 0.2) is 27.0 Å². The highest BCUT2D eigenvalue weighted by molar-refractivity contribution is 8.01. The van der Waals surface area contributed by atoms with Crippen molar-refractivity contribution >= 4 is 28.9 Å². The van der Waals surface area contributed by atoms with Gasteiger partial charge in [0.25, 0.3) is 0 Å². The zero-order valence-electron chi connectivity index (χ0n) is 9.97. The standard InChI is InChI=1S/C11H14N4S2/c1-11(2,3)9-14-7(12)6-8(15-9)17-10-13-4-5-16-10/h4-6H,1-3H3,(H2,12,14,15). The molecule has 0 saturated heterocycles. The van der Waals surface area contributed by atoms with Gasteiger partial charge in [0.2, 0.25) is 0 Å². The highest BCUT2D eigenvalue weighted by Crippen LogP contribution is 2.30. The van der Waals surface area contributed by atoms with Gasteiger partial charge in [-0.15, -0.1) is 11.3 Å². The summed E-state index contributed by atoms with van der Waals surface area (Å²) in [4.78, 5) is 13.0. The highest BCUT2D eigenvalue weighted by Gasteiger charge is 2.19. The lowest BCUT2D eigenvalue weighted by Crippen LogP contribution is -2.17. The quantitative estimate of drug-likeness (QED) is 0.847. The molecule has 0 aliphatic carbocycles. The van der Waals surface area contributed by atoms with Crippen LogP contribution < -0.4 is 5.73 Å². The molecule has 0 atom stereocenters. The number of nitrogens with zero attached hydrogens (tertiary/aromatic N) is 3. The monoisotopic (exact) mass is 266 g/mol. The van der Waals surface area contributed by atoms with E-state index >= 15 is 0 Å². The molecule has 0 bridgehead atoms. The second-order valence-electron chi connectivity index (χ2n) is 4.60. The van der Waals surface area contributed by atoms with Crippen LogP contribution >= 0.6 is 23.1 Å². The molecule has 2 heterocycles. The molecule has 0 saturated carbocycles. The Bertz CT molecular complexity index is 503. The Labute approximate surface area is 109 Å². The van der Waals surface area contributed by atoms with E-state index in [-0.39, 0.29) is 5.41 Å². The molecule has 2 aromatic rings. The molecular formula is C11H14N4S2. The summed E-state index contributed by atoms with van der Waals surface area (Å²) in [6.07, 6.45) is 1.78. The van der Waals surface area contributed by atoms with Gasteiger partial charge in [0.05, 0.1) is 0 Å². The maximum Gasteiger partial charge on any atom is 0.156 e. The summed E-state index contributed by atoms with van der Waals surface area (Å²) in [5.41, 5.74) is 5.70. The number of hydrogen-bond acceptors (Lipinski definition) is 6. The van der Waals surface area contributed by atoms with Crippen molar-refractivity contribution in [3.8, 4) is 0 Å². The molecule has 2 N–H and O–H groups in total. The van der Waals surface area contributed by atoms with Crippen LogP contribution in [0.2, 0.25) is 0 Å². The summed E-state index contributed by atoms with van der Waals surface area (Å²) in [6, 6.07) is 1.78. The first-order valence-electron chi connectivity index (χ1n) is 5.17. The number of nitrogens with two attached hydrogens (primary N) is 1. The highest BCUT2D eigenvalue weighted by atomic mass is 32.2. The molecule has 4 nitrogen and oxygen atoms in total. The Morgan fingerprint density at radius 1 is 1.29 bits per heavy atom. The normalized spacial score (nSPS) is 11.7. The predicted octanol–water partition coefficient (Wildman–Crippen LogP) is 2.96. The summed E-state index contributed by atoms with van der Waals surface area (Å²) in [7, 11) is 0. The van der Waals surface area contributed by atoms with Crippen molar-refractivity contribution in [3.05, 3.63) is 23.5 Å². The third-order valence-electron chi connectivity index (χ3n) is 1.99. The van der Waals surface area contributed by atoms with E-state index in [0.29, 0.717) is 5.82 Å². The van der Waals surface area contributed by atoms with Gasteiger partial charge in [0.15, 0.2) is 4.34 Å². The Morgan fingerprint density at radius 3 is 2.65 bits per heavy atom. The van der Waals surface area contributed by atoms with Crippen LogP contribution in [0.1, 0.15) is 26.6 Å². The van der Waals surface area contributed by atoms with E-state index in [1.54, 1.807) is 23.6 Å². The molecule has 0 unspecified atom stereocenters. The average molecular weight is 266 g/mol. The minimum atomic E-state index is -0.104. The maximum atomic E-state index is 5.80. The van der Waals surface area contributed by atoms with Crippen molar-refractivity contribution in [3.63, 3.8) is 0 Å². The molecule has 0 amide bonds. The lowest BCUT2D eigenvalue weighted by atomic mass is 9.96. The van der Waals surface area contributed by atoms with Gasteiger partial charge in [-0.3, -0.25) is 0 Å². The molecule has 0 aromatic carbocycles. The van der Waals surface area contributed by atoms with Gasteiger partial charge in [0.1, 0.15) is 16.7 Å². The van der Waals surface area contributed by atoms with Crippen molar-refractivity contribution in [1.82, 2.24) is 15.0 Å². The second-order valence-corrected chi connectivity index (χ2v) is 6.77. The van der Waals surface area contributed by atoms with E-state index in [1.165, 1.54) is 11.8 Å². The van der Waals surface area contributed by atoms with Crippen LogP contribution in [-0.2, 0) is 5.41 Å². The van der Waals surface area contributed by atoms with Crippen LogP contribution in [0.3, 0.4) is 0 Å². The first-order chi connectivity index (χ1) is 7.95. The summed E-state index contributed by atoms with van der Waals surface area (Å²) < 4.78 is 0.961. The van der Waals surface area contributed by atoms with Gasteiger partial charge >= 0.3 is 0 Å². The van der Waals surface area contributed by atoms with Crippen molar-refractivity contribution in [2.45, 2.75) is 35.6 Å². The van der Waals surface area contributed by atoms with Crippen molar-refractivity contribution in [1.29, 1.82) is 0 Å². The summed E-state index contributed by atoms with van der Waals surface area (Å²) in [5.74, 6) is 1.26.